The smallest absolute Gasteiger partial charge is 0.196 e. The molecule has 7 heteroatoms. The number of aromatic nitrogens is 2. The molecule has 1 aromatic carbocycles. The Kier molecular flexibility index (Phi) is 6.33. The summed E-state index contributed by atoms with van der Waals surface area (Å²) in [6, 6.07) is 3.61. The van der Waals surface area contributed by atoms with Crippen molar-refractivity contribution in [3.8, 4) is 11.3 Å². The second-order valence-corrected chi connectivity index (χ2v) is 14.8. The van der Waals surface area contributed by atoms with Gasteiger partial charge in [-0.2, -0.15) is 5.10 Å². The maximum Gasteiger partial charge on any atom is 0.196 e. The van der Waals surface area contributed by atoms with Crippen molar-refractivity contribution in [1.82, 2.24) is 9.78 Å². The van der Waals surface area contributed by atoms with Crippen LogP contribution in [0.3, 0.4) is 0 Å². The number of fused-ring (bicyclic) bond motifs is 1. The van der Waals surface area contributed by atoms with Gasteiger partial charge in [0.2, 0.25) is 0 Å². The van der Waals surface area contributed by atoms with Crippen LogP contribution in [0.25, 0.3) is 22.3 Å². The molecule has 2 N–H and O–H groups in total. The molecule has 1 atom stereocenters. The van der Waals surface area contributed by atoms with Gasteiger partial charge in [-0.15, -0.1) is 0 Å². The first kappa shape index (κ1) is 23.4. The Labute approximate surface area is 185 Å². The SMILES string of the molecule is Cc1cc(C(C)N)c2oc(-c3cnn(CCO[Si](C)(C)C(C)(C)C)c3)c(C)c(=O)c2c1. The van der Waals surface area contributed by atoms with Crippen molar-refractivity contribution in [3.05, 3.63) is 51.4 Å². The van der Waals surface area contributed by atoms with E-state index in [9.17, 15) is 4.79 Å². The number of benzene rings is 1. The molecule has 3 aromatic rings. The van der Waals surface area contributed by atoms with Gasteiger partial charge < -0.3 is 14.6 Å². The van der Waals surface area contributed by atoms with Gasteiger partial charge in [0.05, 0.1) is 30.3 Å². The van der Waals surface area contributed by atoms with Crippen LogP contribution in [0.2, 0.25) is 18.1 Å². The minimum absolute atomic E-state index is 0.0316. The Morgan fingerprint density at radius 3 is 2.55 bits per heavy atom. The average Bonchev–Trinajstić information content (AvgIpc) is 3.12. The molecule has 0 saturated heterocycles. The third-order valence-corrected chi connectivity index (χ3v) is 10.9. The molecule has 6 nitrogen and oxygen atoms in total. The van der Waals surface area contributed by atoms with E-state index >= 15 is 0 Å². The van der Waals surface area contributed by atoms with Crippen molar-refractivity contribution < 1.29 is 8.84 Å². The molecule has 0 aliphatic rings. The fraction of sp³-hybridized carbons (Fsp3) is 0.500. The summed E-state index contributed by atoms with van der Waals surface area (Å²) < 4.78 is 14.4. The molecule has 31 heavy (non-hydrogen) atoms. The highest BCUT2D eigenvalue weighted by Gasteiger charge is 2.36. The lowest BCUT2D eigenvalue weighted by atomic mass is 10.00. The van der Waals surface area contributed by atoms with E-state index < -0.39 is 8.32 Å². The number of hydrogen-bond donors (Lipinski definition) is 1. The lowest BCUT2D eigenvalue weighted by Crippen LogP contribution is -2.41. The zero-order valence-electron chi connectivity index (χ0n) is 20.0. The zero-order chi connectivity index (χ0) is 23.1. The summed E-state index contributed by atoms with van der Waals surface area (Å²) in [6.45, 7) is 18.1. The standard InChI is InChI=1S/C24H35N3O3Si/c1-15-11-19(17(3)25)23-20(12-15)21(28)16(2)22(30-23)18-13-26-27(14-18)9-10-29-31(7,8)24(4,5)6/h11-14,17H,9-10,25H2,1-8H3. The third kappa shape index (κ3) is 4.68. The highest BCUT2D eigenvalue weighted by Crippen LogP contribution is 2.36. The van der Waals surface area contributed by atoms with Gasteiger partial charge in [0.15, 0.2) is 13.7 Å². The molecule has 2 aromatic heterocycles. The summed E-state index contributed by atoms with van der Waals surface area (Å²) in [7, 11) is -1.80. The van der Waals surface area contributed by atoms with E-state index in [0.29, 0.717) is 35.4 Å². The fourth-order valence-electron chi connectivity index (χ4n) is 3.40. The number of nitrogens with zero attached hydrogens (tertiary/aromatic N) is 2. The Morgan fingerprint density at radius 2 is 1.94 bits per heavy atom. The van der Waals surface area contributed by atoms with Gasteiger partial charge in [0, 0.05) is 23.4 Å². The highest BCUT2D eigenvalue weighted by molar-refractivity contribution is 6.74. The molecule has 0 fully saturated rings. The predicted molar refractivity (Wildman–Crippen MR) is 129 cm³/mol. The van der Waals surface area contributed by atoms with Gasteiger partial charge in [-0.3, -0.25) is 9.48 Å². The topological polar surface area (TPSA) is 83.3 Å². The summed E-state index contributed by atoms with van der Waals surface area (Å²) in [5.74, 6) is 0.541. The maximum atomic E-state index is 13.1. The molecule has 0 saturated carbocycles. The highest BCUT2D eigenvalue weighted by atomic mass is 28.4. The Hall–Kier alpha value is -2.22. The van der Waals surface area contributed by atoms with Crippen LogP contribution < -0.4 is 11.2 Å². The third-order valence-electron chi connectivity index (χ3n) is 6.37. The van der Waals surface area contributed by atoms with Crippen molar-refractivity contribution >= 4 is 19.3 Å². The van der Waals surface area contributed by atoms with Gasteiger partial charge in [-0.25, -0.2) is 0 Å². The quantitative estimate of drug-likeness (QED) is 0.524. The van der Waals surface area contributed by atoms with Crippen LogP contribution in [0.1, 0.15) is 50.4 Å². The molecule has 0 spiro atoms. The van der Waals surface area contributed by atoms with Crippen molar-refractivity contribution in [3.63, 3.8) is 0 Å². The molecule has 0 aliphatic carbocycles. The first-order valence-corrected chi connectivity index (χ1v) is 13.7. The van der Waals surface area contributed by atoms with E-state index in [1.54, 1.807) is 13.1 Å². The molecule has 2 heterocycles. The van der Waals surface area contributed by atoms with E-state index in [1.807, 2.05) is 36.9 Å². The normalized spacial score (nSPS) is 13.7. The molecular weight excluding hydrogens is 406 g/mol. The van der Waals surface area contributed by atoms with Crippen LogP contribution in [0.15, 0.2) is 33.7 Å². The van der Waals surface area contributed by atoms with Crippen LogP contribution in [0.5, 0.6) is 0 Å². The number of rotatable bonds is 6. The largest absolute Gasteiger partial charge is 0.455 e. The fourth-order valence-corrected chi connectivity index (χ4v) is 4.43. The summed E-state index contributed by atoms with van der Waals surface area (Å²) in [6.07, 6.45) is 3.65. The Bertz CT molecular complexity index is 1150. The minimum atomic E-state index is -1.80. The lowest BCUT2D eigenvalue weighted by molar-refractivity contribution is 0.266. The number of aryl methyl sites for hydroxylation is 1. The summed E-state index contributed by atoms with van der Waals surface area (Å²) >= 11 is 0. The number of hydrogen-bond acceptors (Lipinski definition) is 5. The van der Waals surface area contributed by atoms with Gasteiger partial charge in [-0.05, 0) is 50.5 Å². The van der Waals surface area contributed by atoms with Crippen molar-refractivity contribution in [2.75, 3.05) is 6.61 Å². The van der Waals surface area contributed by atoms with E-state index in [2.05, 4.69) is 39.0 Å². The van der Waals surface area contributed by atoms with E-state index in [4.69, 9.17) is 14.6 Å². The monoisotopic (exact) mass is 441 g/mol. The van der Waals surface area contributed by atoms with Crippen molar-refractivity contribution in [2.24, 2.45) is 5.73 Å². The predicted octanol–water partition coefficient (Wildman–Crippen LogP) is 5.31. The Balaban J connectivity index is 1.92. The average molecular weight is 442 g/mol. The molecule has 0 radical (unpaired) electrons. The molecule has 0 amide bonds. The van der Waals surface area contributed by atoms with E-state index in [1.165, 1.54) is 0 Å². The lowest BCUT2D eigenvalue weighted by Gasteiger charge is -2.36. The van der Waals surface area contributed by atoms with Crippen molar-refractivity contribution in [1.29, 1.82) is 0 Å². The summed E-state index contributed by atoms with van der Waals surface area (Å²) in [5, 5.41) is 5.21. The van der Waals surface area contributed by atoms with Crippen LogP contribution in [-0.4, -0.2) is 24.7 Å². The second-order valence-electron chi connectivity index (χ2n) is 10.0. The van der Waals surface area contributed by atoms with Crippen molar-refractivity contribution in [2.45, 2.75) is 72.3 Å². The summed E-state index contributed by atoms with van der Waals surface area (Å²) in [5.41, 5.74) is 9.87. The first-order valence-electron chi connectivity index (χ1n) is 10.8. The zero-order valence-corrected chi connectivity index (χ0v) is 21.0. The molecule has 0 bridgehead atoms. The van der Waals surface area contributed by atoms with Gasteiger partial charge >= 0.3 is 0 Å². The summed E-state index contributed by atoms with van der Waals surface area (Å²) in [4.78, 5) is 13.1. The van der Waals surface area contributed by atoms with Gasteiger partial charge in [-0.1, -0.05) is 26.8 Å². The molecule has 0 aliphatic heterocycles. The molecule has 3 rings (SSSR count). The van der Waals surface area contributed by atoms with Crippen LogP contribution >= 0.6 is 0 Å². The van der Waals surface area contributed by atoms with Crippen LogP contribution in [0, 0.1) is 13.8 Å². The molecule has 168 valence electrons. The molecule has 1 unspecified atom stereocenters. The van der Waals surface area contributed by atoms with Gasteiger partial charge in [0.1, 0.15) is 11.3 Å². The van der Waals surface area contributed by atoms with E-state index in [-0.39, 0.29) is 16.5 Å². The second kappa shape index (κ2) is 8.37. The number of nitrogens with two attached hydrogens (primary N) is 1. The van der Waals surface area contributed by atoms with E-state index in [0.717, 1.165) is 16.7 Å². The minimum Gasteiger partial charge on any atom is -0.455 e. The Morgan fingerprint density at radius 1 is 1.26 bits per heavy atom. The van der Waals surface area contributed by atoms with Crippen LogP contribution in [0.4, 0.5) is 0 Å². The maximum absolute atomic E-state index is 13.1. The van der Waals surface area contributed by atoms with Gasteiger partial charge in [0.25, 0.3) is 0 Å². The molecular formula is C24H35N3O3Si. The first-order chi connectivity index (χ1) is 14.3. The van der Waals surface area contributed by atoms with Crippen LogP contribution in [-0.2, 0) is 11.0 Å².